The highest BCUT2D eigenvalue weighted by molar-refractivity contribution is 5.15. The van der Waals surface area contributed by atoms with Crippen LogP contribution in [0, 0.1) is 0 Å². The molecule has 63 heavy (non-hydrogen) atoms. The van der Waals surface area contributed by atoms with Crippen LogP contribution in [0.25, 0.3) is 0 Å². The predicted molar refractivity (Wildman–Crippen MR) is 102 cm³/mol. The second-order valence-electron chi connectivity index (χ2n) is 11.1. The van der Waals surface area contributed by atoms with E-state index >= 15 is 0 Å². The number of nitrogens with zero attached hydrogens (tertiary/aromatic N) is 2. The van der Waals surface area contributed by atoms with E-state index in [1.165, 1.54) is 0 Å². The van der Waals surface area contributed by atoms with Gasteiger partial charge >= 0.3 is 114 Å². The maximum Gasteiger partial charge on any atom is 0.460 e. The molecule has 0 N–H and O–H groups in total. The summed E-state index contributed by atoms with van der Waals surface area (Å²) in [4.78, 5) is -14.2. The van der Waals surface area contributed by atoms with Crippen molar-refractivity contribution >= 4 is 0 Å². The fourth-order valence-corrected chi connectivity index (χ4v) is 3.55. The van der Waals surface area contributed by atoms with Crippen LogP contribution in [0.5, 0.6) is 0 Å². The van der Waals surface area contributed by atoms with Crippen LogP contribution in [0.4, 0.5) is 184 Å². The van der Waals surface area contributed by atoms with E-state index in [9.17, 15) is 184 Å². The van der Waals surface area contributed by atoms with Crippen LogP contribution in [-0.4, -0.2) is 124 Å². The van der Waals surface area contributed by atoms with Crippen molar-refractivity contribution < 1.29 is 184 Å². The Morgan fingerprint density at radius 1 is 0.127 bits per heavy atom. The lowest BCUT2D eigenvalue weighted by molar-refractivity contribution is -0.549. The number of hydrogen-bond acceptors (Lipinski definition) is 2. The summed E-state index contributed by atoms with van der Waals surface area (Å²) in [5, 5.41) is 0. The monoisotopic (exact) mass is 1050 g/mol. The van der Waals surface area contributed by atoms with Crippen molar-refractivity contribution in [3.63, 3.8) is 0 Å². The van der Waals surface area contributed by atoms with E-state index in [2.05, 4.69) is 0 Å². The van der Waals surface area contributed by atoms with E-state index < -0.39 is 124 Å². The van der Waals surface area contributed by atoms with Crippen LogP contribution in [0.15, 0.2) is 0 Å². The molecule has 0 rings (SSSR count). The Hall–Kier alpha value is -3.02. The first-order chi connectivity index (χ1) is 26.2. The van der Waals surface area contributed by atoms with E-state index in [1.807, 2.05) is 0 Å². The van der Waals surface area contributed by atoms with Crippen LogP contribution < -0.4 is 0 Å². The minimum Gasteiger partial charge on any atom is -0.191 e. The molecule has 0 atom stereocenters. The molecule has 0 saturated carbocycles. The first kappa shape index (κ1) is 60.0. The third kappa shape index (κ3) is 7.58. The average molecular weight is 1050 g/mol. The topological polar surface area (TPSA) is 6.48 Å². The van der Waals surface area contributed by atoms with Gasteiger partial charge in [-0.3, -0.25) is 0 Å². The van der Waals surface area contributed by atoms with Crippen LogP contribution in [0.1, 0.15) is 0 Å². The fourth-order valence-electron chi connectivity index (χ4n) is 3.55. The van der Waals surface area contributed by atoms with Crippen molar-refractivity contribution in [3.8, 4) is 0 Å². The maximum absolute atomic E-state index is 14.8. The SMILES string of the molecule is FC(F)(F)C(F)(F)C(F)(F)C(F)(F)N(C(F)(F)C(F)(F)C(F)(F)N(C(F)(F)C(F)(F)C(F)(F)C(F)(F)F)C(F)(F)C(F)(F)C(F)(F)C(F)(F)F)C(F)(F)C(F)(F)C(F)(F)C(F)(F)F. The second-order valence-corrected chi connectivity index (χ2v) is 11.1. The molecule has 0 unspecified atom stereocenters. The lowest BCUT2D eigenvalue weighted by atomic mass is 9.99. The largest absolute Gasteiger partial charge is 0.460 e. The standard InChI is InChI=1S/C19F42N2/c20-1(21,10(38,39)40)5(28,29)14(50,51)62(15(52,53)6(30,31)2(22,23)11(41,42)43)18(58,59)9(36,37)19(60,61)63(16(54,55)7(32,33)3(24,25)12(44,45)46)17(56,57)8(34,35)4(26,27)13(47,48)49. The summed E-state index contributed by atoms with van der Waals surface area (Å²) in [6.07, 6.45) is -36.1. The first-order valence-electron chi connectivity index (χ1n) is 12.8. The third-order valence-corrected chi connectivity index (χ3v) is 6.95. The van der Waals surface area contributed by atoms with E-state index in [0.29, 0.717) is 0 Å². The second kappa shape index (κ2) is 14.5. The van der Waals surface area contributed by atoms with Gasteiger partial charge in [0.05, 0.1) is 0 Å². The Balaban J connectivity index is 9.64. The van der Waals surface area contributed by atoms with Gasteiger partial charge in [-0.15, -0.1) is 9.80 Å². The molecular formula is C19F42N2. The molecule has 0 bridgehead atoms. The molecule has 44 heteroatoms. The van der Waals surface area contributed by atoms with Gasteiger partial charge in [0, 0.05) is 0 Å². The lowest BCUT2D eigenvalue weighted by Crippen LogP contribution is -2.84. The number of hydrogen-bond donors (Lipinski definition) is 0. The van der Waals surface area contributed by atoms with E-state index in [-0.39, 0.29) is 0 Å². The third-order valence-electron chi connectivity index (χ3n) is 6.95. The molecule has 0 aliphatic rings. The van der Waals surface area contributed by atoms with E-state index in [0.717, 1.165) is 0 Å². The van der Waals surface area contributed by atoms with Gasteiger partial charge in [0.15, 0.2) is 0 Å². The maximum atomic E-state index is 14.8. The summed E-state index contributed by atoms with van der Waals surface area (Å²) in [5.41, 5.74) is 0. The zero-order chi connectivity index (χ0) is 52.7. The van der Waals surface area contributed by atoms with Gasteiger partial charge < -0.3 is 0 Å². The van der Waals surface area contributed by atoms with Gasteiger partial charge in [-0.1, -0.05) is 0 Å². The molecule has 2 nitrogen and oxygen atoms in total. The Bertz CT molecular complexity index is 1410. The van der Waals surface area contributed by atoms with Crippen molar-refractivity contribution in [3.05, 3.63) is 0 Å². The molecule has 0 fully saturated rings. The summed E-state index contributed by atoms with van der Waals surface area (Å²) in [7, 11) is 0. The first-order valence-corrected chi connectivity index (χ1v) is 12.8. The quantitative estimate of drug-likeness (QED) is 0.112. The minimum atomic E-state index is -11.3. The zero-order valence-electron chi connectivity index (χ0n) is 26.3. The van der Waals surface area contributed by atoms with E-state index in [4.69, 9.17) is 0 Å². The van der Waals surface area contributed by atoms with Crippen molar-refractivity contribution in [2.24, 2.45) is 0 Å². The number of halogens is 42. The van der Waals surface area contributed by atoms with Crippen molar-refractivity contribution in [1.82, 2.24) is 9.80 Å². The fraction of sp³-hybridized carbons (Fsp3) is 1.00. The van der Waals surface area contributed by atoms with Gasteiger partial charge in [0.1, 0.15) is 0 Å². The van der Waals surface area contributed by atoms with Crippen LogP contribution in [-0.2, 0) is 0 Å². The summed E-state index contributed by atoms with van der Waals surface area (Å²) in [6, 6.07) is -65.7. The van der Waals surface area contributed by atoms with Crippen molar-refractivity contribution in [1.29, 1.82) is 0 Å². The molecule has 0 aromatic rings. The Kier molecular flexibility index (Phi) is 13.8. The van der Waals surface area contributed by atoms with Crippen molar-refractivity contribution in [2.75, 3.05) is 0 Å². The molecular weight excluding hydrogens is 1050 g/mol. The van der Waals surface area contributed by atoms with Crippen molar-refractivity contribution in [2.45, 2.75) is 114 Å². The minimum absolute atomic E-state index is 7.08. The van der Waals surface area contributed by atoms with Crippen LogP contribution in [0.2, 0.25) is 0 Å². The Morgan fingerprint density at radius 3 is 0.317 bits per heavy atom. The Morgan fingerprint density at radius 2 is 0.222 bits per heavy atom. The molecule has 0 aromatic heterocycles. The van der Waals surface area contributed by atoms with Gasteiger partial charge in [0.2, 0.25) is 0 Å². The molecule has 0 spiro atoms. The molecule has 0 heterocycles. The molecule has 0 aliphatic heterocycles. The highest BCUT2D eigenvalue weighted by Gasteiger charge is 2.99. The average Bonchev–Trinajstić information content (AvgIpc) is 2.96. The molecule has 0 amide bonds. The molecule has 380 valence electrons. The smallest absolute Gasteiger partial charge is 0.191 e. The highest BCUT2D eigenvalue weighted by atomic mass is 19.5. The van der Waals surface area contributed by atoms with Crippen LogP contribution in [0.3, 0.4) is 0 Å². The summed E-state index contributed by atoms with van der Waals surface area (Å²) in [6.45, 7) is 0. The van der Waals surface area contributed by atoms with Gasteiger partial charge in [0.25, 0.3) is 0 Å². The summed E-state index contributed by atoms with van der Waals surface area (Å²) < 4.78 is 571. The summed E-state index contributed by atoms with van der Waals surface area (Å²) >= 11 is 0. The zero-order valence-corrected chi connectivity index (χ0v) is 26.3. The molecule has 0 radical (unpaired) electrons. The Labute approximate surface area is 310 Å². The lowest BCUT2D eigenvalue weighted by Gasteiger charge is -2.52. The van der Waals surface area contributed by atoms with Gasteiger partial charge in [-0.05, 0) is 0 Å². The summed E-state index contributed by atoms with van der Waals surface area (Å²) in [5.74, 6) is -91.2. The van der Waals surface area contributed by atoms with Gasteiger partial charge in [-0.2, -0.15) is 184 Å². The number of rotatable bonds is 16. The highest BCUT2D eigenvalue weighted by Crippen LogP contribution is 2.68. The molecule has 0 saturated heterocycles. The molecule has 0 aliphatic carbocycles. The van der Waals surface area contributed by atoms with Crippen LogP contribution >= 0.6 is 0 Å². The predicted octanol–water partition coefficient (Wildman–Crippen LogP) is 13.1. The number of alkyl halides is 42. The molecule has 0 aromatic carbocycles. The van der Waals surface area contributed by atoms with Gasteiger partial charge in [-0.25, -0.2) is 0 Å². The van der Waals surface area contributed by atoms with E-state index in [1.54, 1.807) is 0 Å². The normalized spacial score (nSPS) is 17.3.